The topological polar surface area (TPSA) is 80.0 Å². The Balaban J connectivity index is 2.49. The average molecular weight is 332 g/mol. The molecular weight excluding hydrogens is 320 g/mol. The molecule has 0 aliphatic heterocycles. The summed E-state index contributed by atoms with van der Waals surface area (Å²) in [5.41, 5.74) is -2.41. The molecule has 23 heavy (non-hydrogen) atoms. The Labute approximate surface area is 127 Å². The highest BCUT2D eigenvalue weighted by Gasteiger charge is 2.42. The number of rotatable bonds is 4. The van der Waals surface area contributed by atoms with E-state index in [1.165, 1.54) is 6.92 Å². The fourth-order valence-corrected chi connectivity index (χ4v) is 1.79. The first-order chi connectivity index (χ1) is 10.7. The molecule has 6 nitrogen and oxygen atoms in total. The minimum atomic E-state index is -4.91. The molecule has 0 fully saturated rings. The van der Waals surface area contributed by atoms with Crippen molar-refractivity contribution in [3.05, 3.63) is 41.5 Å². The van der Waals surface area contributed by atoms with Crippen molar-refractivity contribution >= 4 is 5.91 Å². The van der Waals surface area contributed by atoms with Crippen LogP contribution in [0.25, 0.3) is 5.69 Å². The van der Waals surface area contributed by atoms with E-state index in [1.807, 2.05) is 0 Å². The highest BCUT2D eigenvalue weighted by Crippen LogP contribution is 2.32. The number of hydrogen-bond acceptors (Lipinski definition) is 4. The van der Waals surface area contributed by atoms with Crippen molar-refractivity contribution in [3.63, 3.8) is 0 Å². The summed E-state index contributed by atoms with van der Waals surface area (Å²) >= 11 is 0. The van der Waals surface area contributed by atoms with Gasteiger partial charge in [-0.15, -0.1) is 5.10 Å². The fraction of sp³-hybridized carbons (Fsp3) is 0.308. The number of nitrogens with zero attached hydrogens (tertiary/aromatic N) is 3. The van der Waals surface area contributed by atoms with Gasteiger partial charge >= 0.3 is 6.18 Å². The van der Waals surface area contributed by atoms with E-state index in [2.05, 4.69) is 15.6 Å². The van der Waals surface area contributed by atoms with Gasteiger partial charge in [0.2, 0.25) is 0 Å². The standard InChI is InChI=1S/C13H12F4N4O2/c1-7(6-22)18-12(23)10-11(13(15,16)17)21(20-19-10)9-4-2-8(14)3-5-9/h2-5,7,22H,6H2,1H3,(H,18,23). The zero-order valence-corrected chi connectivity index (χ0v) is 11.8. The molecule has 1 heterocycles. The molecule has 2 rings (SSSR count). The molecule has 1 aromatic heterocycles. The SMILES string of the molecule is CC(CO)NC(=O)c1nnn(-c2ccc(F)cc2)c1C(F)(F)F. The van der Waals surface area contributed by atoms with E-state index in [1.54, 1.807) is 0 Å². The molecule has 1 amide bonds. The van der Waals surface area contributed by atoms with E-state index in [9.17, 15) is 22.4 Å². The monoisotopic (exact) mass is 332 g/mol. The van der Waals surface area contributed by atoms with Gasteiger partial charge in [0.05, 0.1) is 12.3 Å². The van der Waals surface area contributed by atoms with E-state index in [-0.39, 0.29) is 5.69 Å². The Morgan fingerprint density at radius 2 is 1.96 bits per heavy atom. The number of alkyl halides is 3. The summed E-state index contributed by atoms with van der Waals surface area (Å²) < 4.78 is 53.2. The predicted octanol–water partition coefficient (Wildman–Crippen LogP) is 1.54. The molecule has 124 valence electrons. The van der Waals surface area contributed by atoms with Crippen LogP contribution in [-0.2, 0) is 6.18 Å². The maximum absolute atomic E-state index is 13.3. The summed E-state index contributed by atoms with van der Waals surface area (Å²) in [6.07, 6.45) is -4.91. The van der Waals surface area contributed by atoms with Crippen LogP contribution >= 0.6 is 0 Å². The van der Waals surface area contributed by atoms with Crippen LogP contribution in [0.3, 0.4) is 0 Å². The number of aliphatic hydroxyl groups is 1. The third-order valence-corrected chi connectivity index (χ3v) is 2.88. The smallest absolute Gasteiger partial charge is 0.394 e. The van der Waals surface area contributed by atoms with Crippen LogP contribution in [0.5, 0.6) is 0 Å². The van der Waals surface area contributed by atoms with Crippen molar-refractivity contribution in [1.82, 2.24) is 20.3 Å². The Bertz CT molecular complexity index is 697. The first-order valence-electron chi connectivity index (χ1n) is 6.44. The van der Waals surface area contributed by atoms with Crippen molar-refractivity contribution < 1.29 is 27.5 Å². The molecule has 1 unspecified atom stereocenters. The highest BCUT2D eigenvalue weighted by molar-refractivity contribution is 5.93. The van der Waals surface area contributed by atoms with Crippen molar-refractivity contribution in [3.8, 4) is 5.69 Å². The van der Waals surface area contributed by atoms with Gasteiger partial charge in [-0.2, -0.15) is 13.2 Å². The molecule has 0 radical (unpaired) electrons. The number of nitrogens with one attached hydrogen (secondary N) is 1. The molecule has 0 saturated carbocycles. The lowest BCUT2D eigenvalue weighted by Gasteiger charge is -2.13. The molecular formula is C13H12F4N4O2. The Morgan fingerprint density at radius 1 is 1.35 bits per heavy atom. The lowest BCUT2D eigenvalue weighted by Crippen LogP contribution is -2.36. The van der Waals surface area contributed by atoms with Crippen LogP contribution in [-0.4, -0.2) is 38.7 Å². The Hall–Kier alpha value is -2.49. The molecule has 0 aliphatic rings. The summed E-state index contributed by atoms with van der Waals surface area (Å²) in [6, 6.07) is 3.34. The third-order valence-electron chi connectivity index (χ3n) is 2.88. The second kappa shape index (κ2) is 6.32. The summed E-state index contributed by atoms with van der Waals surface area (Å²) in [4.78, 5) is 11.9. The van der Waals surface area contributed by atoms with Gasteiger partial charge in [-0.1, -0.05) is 5.21 Å². The lowest BCUT2D eigenvalue weighted by atomic mass is 10.2. The Morgan fingerprint density at radius 3 is 2.48 bits per heavy atom. The van der Waals surface area contributed by atoms with Gasteiger partial charge in [-0.05, 0) is 31.2 Å². The van der Waals surface area contributed by atoms with E-state index in [0.29, 0.717) is 4.68 Å². The van der Waals surface area contributed by atoms with Gasteiger partial charge in [0.25, 0.3) is 5.91 Å². The van der Waals surface area contributed by atoms with E-state index in [4.69, 9.17) is 5.11 Å². The number of amides is 1. The fourth-order valence-electron chi connectivity index (χ4n) is 1.79. The molecule has 0 spiro atoms. The van der Waals surface area contributed by atoms with Gasteiger partial charge in [0.15, 0.2) is 11.4 Å². The normalized spacial score (nSPS) is 13.0. The van der Waals surface area contributed by atoms with Crippen molar-refractivity contribution in [1.29, 1.82) is 0 Å². The van der Waals surface area contributed by atoms with Crippen molar-refractivity contribution in [2.75, 3.05) is 6.61 Å². The number of carbonyl (C=O) groups excluding carboxylic acids is 1. The van der Waals surface area contributed by atoms with E-state index < -0.39 is 41.9 Å². The van der Waals surface area contributed by atoms with Crippen LogP contribution < -0.4 is 5.32 Å². The number of carbonyl (C=O) groups is 1. The molecule has 0 aliphatic carbocycles. The molecule has 10 heteroatoms. The molecule has 0 saturated heterocycles. The van der Waals surface area contributed by atoms with Gasteiger partial charge in [0, 0.05) is 6.04 Å². The maximum Gasteiger partial charge on any atom is 0.435 e. The number of hydrogen-bond donors (Lipinski definition) is 2. The largest absolute Gasteiger partial charge is 0.435 e. The zero-order chi connectivity index (χ0) is 17.2. The second-order valence-electron chi connectivity index (χ2n) is 4.73. The Kier molecular flexibility index (Phi) is 4.64. The van der Waals surface area contributed by atoms with Crippen molar-refractivity contribution in [2.45, 2.75) is 19.1 Å². The maximum atomic E-state index is 13.3. The quantitative estimate of drug-likeness (QED) is 0.833. The second-order valence-corrected chi connectivity index (χ2v) is 4.73. The summed E-state index contributed by atoms with van der Waals surface area (Å²) in [7, 11) is 0. The number of benzene rings is 1. The van der Waals surface area contributed by atoms with E-state index >= 15 is 0 Å². The molecule has 1 aromatic carbocycles. The van der Waals surface area contributed by atoms with Crippen LogP contribution in [0.1, 0.15) is 23.1 Å². The molecule has 2 N–H and O–H groups in total. The lowest BCUT2D eigenvalue weighted by molar-refractivity contribution is -0.143. The minimum absolute atomic E-state index is 0.0968. The predicted molar refractivity (Wildman–Crippen MR) is 70.3 cm³/mol. The summed E-state index contributed by atoms with van der Waals surface area (Å²) in [5, 5.41) is 17.6. The van der Waals surface area contributed by atoms with Crippen LogP contribution in [0.4, 0.5) is 17.6 Å². The van der Waals surface area contributed by atoms with Crippen LogP contribution in [0.15, 0.2) is 24.3 Å². The number of halogens is 4. The zero-order valence-electron chi connectivity index (χ0n) is 11.8. The number of aliphatic hydroxyl groups excluding tert-OH is 1. The van der Waals surface area contributed by atoms with Gasteiger partial charge in [0.1, 0.15) is 5.82 Å². The van der Waals surface area contributed by atoms with Gasteiger partial charge in [-0.25, -0.2) is 9.07 Å². The van der Waals surface area contributed by atoms with Crippen LogP contribution in [0, 0.1) is 5.82 Å². The molecule has 0 bridgehead atoms. The van der Waals surface area contributed by atoms with Crippen molar-refractivity contribution in [2.24, 2.45) is 0 Å². The molecule has 1 atom stereocenters. The average Bonchev–Trinajstić information content (AvgIpc) is 2.93. The third kappa shape index (κ3) is 3.65. The van der Waals surface area contributed by atoms with E-state index in [0.717, 1.165) is 24.3 Å². The minimum Gasteiger partial charge on any atom is -0.394 e. The molecule has 2 aromatic rings. The first-order valence-corrected chi connectivity index (χ1v) is 6.44. The summed E-state index contributed by atoms with van der Waals surface area (Å²) in [6.45, 7) is 0.967. The van der Waals surface area contributed by atoms with Gasteiger partial charge < -0.3 is 10.4 Å². The van der Waals surface area contributed by atoms with Gasteiger partial charge in [-0.3, -0.25) is 4.79 Å². The van der Waals surface area contributed by atoms with Crippen LogP contribution in [0.2, 0.25) is 0 Å². The first kappa shape index (κ1) is 16.9. The summed E-state index contributed by atoms with van der Waals surface area (Å²) in [5.74, 6) is -1.75. The highest BCUT2D eigenvalue weighted by atomic mass is 19.4. The number of aromatic nitrogens is 3.